The van der Waals surface area contributed by atoms with E-state index in [1.165, 1.54) is 0 Å². The van der Waals surface area contributed by atoms with Crippen LogP contribution in [0.2, 0.25) is 0 Å². The average molecular weight is 462 g/mol. The van der Waals surface area contributed by atoms with Crippen molar-refractivity contribution in [3.63, 3.8) is 0 Å². The molecule has 5 nitrogen and oxygen atoms in total. The lowest BCUT2D eigenvalue weighted by Gasteiger charge is -2.38. The third-order valence-electron chi connectivity index (χ3n) is 6.97. The number of benzene rings is 3. The van der Waals surface area contributed by atoms with Crippen LogP contribution >= 0.6 is 0 Å². The number of piperidine rings is 1. The van der Waals surface area contributed by atoms with Crippen LogP contribution < -0.4 is 4.74 Å². The molecule has 2 unspecified atom stereocenters. The van der Waals surface area contributed by atoms with Gasteiger partial charge in [-0.15, -0.1) is 0 Å². The van der Waals surface area contributed by atoms with E-state index in [4.69, 9.17) is 4.74 Å². The van der Waals surface area contributed by atoms with Crippen molar-refractivity contribution >= 4 is 15.7 Å². The van der Waals surface area contributed by atoms with Crippen molar-refractivity contribution in [2.75, 3.05) is 7.11 Å². The monoisotopic (exact) mass is 461 g/mol. The summed E-state index contributed by atoms with van der Waals surface area (Å²) in [6, 6.07) is 24.1. The normalized spacial score (nSPS) is 22.2. The summed E-state index contributed by atoms with van der Waals surface area (Å²) in [4.78, 5) is 15.7. The van der Waals surface area contributed by atoms with Gasteiger partial charge in [0, 0.05) is 17.6 Å². The Balaban J connectivity index is 1.33. The maximum atomic E-state index is 13.4. The molecule has 2 fully saturated rings. The minimum absolute atomic E-state index is 0.00440. The molecular weight excluding hydrogens is 434 g/mol. The van der Waals surface area contributed by atoms with Crippen molar-refractivity contribution < 1.29 is 17.9 Å². The standard InChI is InChI=1S/C27H27NO4S/c1-32-24-7-5-6-21(16-24)19-10-12-20(13-11-19)27(29)28-22-14-15-23(28)18-26(17-22)33(30,31)25-8-3-2-4-9-25/h2-13,16,22-23,26H,14-15,17-18H2,1H3. The number of rotatable bonds is 5. The number of ether oxygens (including phenoxy) is 1. The van der Waals surface area contributed by atoms with E-state index in [1.54, 1.807) is 31.4 Å². The van der Waals surface area contributed by atoms with Crippen molar-refractivity contribution in [1.82, 2.24) is 4.90 Å². The molecule has 2 bridgehead atoms. The fraction of sp³-hybridized carbons (Fsp3) is 0.296. The smallest absolute Gasteiger partial charge is 0.254 e. The van der Waals surface area contributed by atoms with Crippen LogP contribution in [0.1, 0.15) is 36.0 Å². The Labute approximate surface area is 194 Å². The summed E-state index contributed by atoms with van der Waals surface area (Å²) >= 11 is 0. The molecule has 3 aromatic carbocycles. The number of sulfone groups is 1. The fourth-order valence-electron chi connectivity index (χ4n) is 5.27. The molecule has 0 saturated carbocycles. The van der Waals surface area contributed by atoms with Crippen molar-refractivity contribution in [2.24, 2.45) is 0 Å². The molecule has 1 amide bonds. The molecule has 2 aliphatic rings. The Hall–Kier alpha value is -3.12. The topological polar surface area (TPSA) is 63.7 Å². The zero-order valence-corrected chi connectivity index (χ0v) is 19.4. The van der Waals surface area contributed by atoms with E-state index in [1.807, 2.05) is 59.5 Å². The third kappa shape index (κ3) is 4.04. The highest BCUT2D eigenvalue weighted by Crippen LogP contribution is 2.40. The molecule has 6 heteroatoms. The first-order valence-electron chi connectivity index (χ1n) is 11.3. The van der Waals surface area contributed by atoms with Gasteiger partial charge in [-0.05, 0) is 73.2 Å². The van der Waals surface area contributed by atoms with E-state index >= 15 is 0 Å². The molecule has 0 radical (unpaired) electrons. The largest absolute Gasteiger partial charge is 0.497 e. The summed E-state index contributed by atoms with van der Waals surface area (Å²) < 4.78 is 31.6. The number of fused-ring (bicyclic) bond motifs is 2. The summed E-state index contributed by atoms with van der Waals surface area (Å²) in [6.45, 7) is 0. The van der Waals surface area contributed by atoms with E-state index in [2.05, 4.69) is 0 Å². The number of hydrogen-bond donors (Lipinski definition) is 0. The predicted octanol–water partition coefficient (Wildman–Crippen LogP) is 4.97. The van der Waals surface area contributed by atoms with Crippen LogP contribution in [-0.4, -0.2) is 43.7 Å². The number of methoxy groups -OCH3 is 1. The Morgan fingerprint density at radius 2 is 1.52 bits per heavy atom. The van der Waals surface area contributed by atoms with Crippen molar-refractivity contribution in [2.45, 2.75) is 47.9 Å². The summed E-state index contributed by atoms with van der Waals surface area (Å²) in [6.07, 6.45) is 2.72. The van der Waals surface area contributed by atoms with E-state index in [9.17, 15) is 13.2 Å². The van der Waals surface area contributed by atoms with Gasteiger partial charge in [0.15, 0.2) is 9.84 Å². The second kappa shape index (κ2) is 8.67. The van der Waals surface area contributed by atoms with Gasteiger partial charge in [0.05, 0.1) is 17.3 Å². The molecule has 0 aliphatic carbocycles. The minimum Gasteiger partial charge on any atom is -0.497 e. The lowest BCUT2D eigenvalue weighted by molar-refractivity contribution is 0.0598. The SMILES string of the molecule is COc1cccc(-c2ccc(C(=O)N3C4CCC3CC(S(=O)(=O)c3ccccc3)C4)cc2)c1. The molecule has 0 aromatic heterocycles. The maximum absolute atomic E-state index is 13.4. The van der Waals surface area contributed by atoms with Crippen LogP contribution in [0.5, 0.6) is 5.75 Å². The van der Waals surface area contributed by atoms with Gasteiger partial charge in [-0.3, -0.25) is 4.79 Å². The molecule has 170 valence electrons. The highest BCUT2D eigenvalue weighted by molar-refractivity contribution is 7.92. The second-order valence-corrected chi connectivity index (χ2v) is 11.1. The Bertz CT molecular complexity index is 1240. The first-order chi connectivity index (χ1) is 16.0. The molecule has 3 aromatic rings. The van der Waals surface area contributed by atoms with Crippen molar-refractivity contribution in [3.05, 3.63) is 84.4 Å². The lowest BCUT2D eigenvalue weighted by atomic mass is 9.99. The Kier molecular flexibility index (Phi) is 5.71. The van der Waals surface area contributed by atoms with E-state index in [0.29, 0.717) is 23.3 Å². The quantitative estimate of drug-likeness (QED) is 0.538. The maximum Gasteiger partial charge on any atom is 0.254 e. The van der Waals surface area contributed by atoms with Gasteiger partial charge < -0.3 is 9.64 Å². The van der Waals surface area contributed by atoms with Crippen LogP contribution in [0.4, 0.5) is 0 Å². The second-order valence-electron chi connectivity index (χ2n) is 8.86. The highest BCUT2D eigenvalue weighted by atomic mass is 32.2. The molecule has 2 aliphatic heterocycles. The molecule has 2 atom stereocenters. The zero-order valence-electron chi connectivity index (χ0n) is 18.6. The van der Waals surface area contributed by atoms with Gasteiger partial charge >= 0.3 is 0 Å². The van der Waals surface area contributed by atoms with Gasteiger partial charge in [0.1, 0.15) is 5.75 Å². The first-order valence-corrected chi connectivity index (χ1v) is 12.9. The summed E-state index contributed by atoms with van der Waals surface area (Å²) in [7, 11) is -1.75. The summed E-state index contributed by atoms with van der Waals surface area (Å²) in [5, 5.41) is -0.433. The summed E-state index contributed by atoms with van der Waals surface area (Å²) in [5.74, 6) is 0.785. The number of hydrogen-bond acceptors (Lipinski definition) is 4. The zero-order chi connectivity index (χ0) is 23.0. The molecule has 0 spiro atoms. The molecule has 0 N–H and O–H groups in total. The predicted molar refractivity (Wildman–Crippen MR) is 128 cm³/mol. The van der Waals surface area contributed by atoms with Gasteiger partial charge in [0.2, 0.25) is 0 Å². The molecule has 2 heterocycles. The summed E-state index contributed by atoms with van der Waals surface area (Å²) in [5.41, 5.74) is 2.68. The molecular formula is C27H27NO4S. The van der Waals surface area contributed by atoms with E-state index in [-0.39, 0.29) is 18.0 Å². The van der Waals surface area contributed by atoms with Crippen LogP contribution in [-0.2, 0) is 9.84 Å². The highest BCUT2D eigenvalue weighted by Gasteiger charge is 2.47. The van der Waals surface area contributed by atoms with Gasteiger partial charge in [-0.2, -0.15) is 0 Å². The van der Waals surface area contributed by atoms with Crippen molar-refractivity contribution in [1.29, 1.82) is 0 Å². The fourth-order valence-corrected chi connectivity index (χ4v) is 7.14. The number of carbonyl (C=O) groups is 1. The average Bonchev–Trinajstić information content (AvgIpc) is 3.12. The van der Waals surface area contributed by atoms with Crippen LogP contribution in [0.25, 0.3) is 11.1 Å². The third-order valence-corrected chi connectivity index (χ3v) is 9.16. The number of carbonyl (C=O) groups excluding carboxylic acids is 1. The number of amides is 1. The first kappa shape index (κ1) is 21.7. The van der Waals surface area contributed by atoms with Gasteiger partial charge in [-0.1, -0.05) is 42.5 Å². The van der Waals surface area contributed by atoms with E-state index in [0.717, 1.165) is 29.7 Å². The number of nitrogens with zero attached hydrogens (tertiary/aromatic N) is 1. The van der Waals surface area contributed by atoms with E-state index < -0.39 is 15.1 Å². The van der Waals surface area contributed by atoms with Crippen molar-refractivity contribution in [3.8, 4) is 16.9 Å². The Morgan fingerprint density at radius 3 is 2.15 bits per heavy atom. The Morgan fingerprint density at radius 1 is 0.848 bits per heavy atom. The lowest BCUT2D eigenvalue weighted by Crippen LogP contribution is -2.49. The van der Waals surface area contributed by atoms with Crippen LogP contribution in [0.15, 0.2) is 83.8 Å². The minimum atomic E-state index is -3.39. The van der Waals surface area contributed by atoms with Crippen LogP contribution in [0, 0.1) is 0 Å². The van der Waals surface area contributed by atoms with Crippen LogP contribution in [0.3, 0.4) is 0 Å². The molecule has 33 heavy (non-hydrogen) atoms. The molecule has 2 saturated heterocycles. The van der Waals surface area contributed by atoms with Gasteiger partial charge in [0.25, 0.3) is 5.91 Å². The van der Waals surface area contributed by atoms with Gasteiger partial charge in [-0.25, -0.2) is 8.42 Å². The molecule has 5 rings (SSSR count).